The minimum atomic E-state index is -0.636. The average Bonchev–Trinajstić information content (AvgIpc) is 2.52. The fraction of sp³-hybridized carbons (Fsp3) is 0.250. The number of nitrogens with zero attached hydrogens (tertiary/aromatic N) is 2. The summed E-state index contributed by atoms with van der Waals surface area (Å²) in [6.07, 6.45) is 0. The predicted molar refractivity (Wildman–Crippen MR) is 62.4 cm³/mol. The summed E-state index contributed by atoms with van der Waals surface area (Å²) in [5.41, 5.74) is 6.68. The Bertz CT molecular complexity index is 541. The maximum atomic E-state index is 13.1. The number of benzene rings is 1. The van der Waals surface area contributed by atoms with Gasteiger partial charge in [0.1, 0.15) is 29.0 Å². The molecule has 0 aliphatic carbocycles. The molecule has 2 aromatic rings. The van der Waals surface area contributed by atoms with Gasteiger partial charge in [0.2, 0.25) is 0 Å². The Kier molecular flexibility index (Phi) is 2.83. The van der Waals surface area contributed by atoms with E-state index in [4.69, 9.17) is 5.73 Å². The number of anilines is 1. The Hall–Kier alpha value is -1.91. The standard InChI is InChI=1S/C12H13F2N3/c1-3-17-7(2)16-11(12(17)15)8-4-9(13)6-10(14)5-8/h4-6H,3,15H2,1-2H3. The summed E-state index contributed by atoms with van der Waals surface area (Å²) in [5, 5.41) is 0. The quantitative estimate of drug-likeness (QED) is 0.872. The van der Waals surface area contributed by atoms with Gasteiger partial charge in [0.15, 0.2) is 0 Å². The van der Waals surface area contributed by atoms with Gasteiger partial charge in [-0.25, -0.2) is 13.8 Å². The van der Waals surface area contributed by atoms with Gasteiger partial charge in [0, 0.05) is 18.2 Å². The van der Waals surface area contributed by atoms with Crippen LogP contribution in [0.2, 0.25) is 0 Å². The molecule has 1 aromatic heterocycles. The van der Waals surface area contributed by atoms with Crippen LogP contribution in [0, 0.1) is 18.6 Å². The first-order valence-electron chi connectivity index (χ1n) is 5.32. The van der Waals surface area contributed by atoms with E-state index in [1.54, 1.807) is 11.5 Å². The Morgan fingerprint density at radius 3 is 2.29 bits per heavy atom. The highest BCUT2D eigenvalue weighted by atomic mass is 19.1. The molecule has 17 heavy (non-hydrogen) atoms. The number of aryl methyl sites for hydroxylation is 1. The van der Waals surface area contributed by atoms with Crippen molar-refractivity contribution in [3.63, 3.8) is 0 Å². The van der Waals surface area contributed by atoms with Gasteiger partial charge in [-0.3, -0.25) is 0 Å². The maximum Gasteiger partial charge on any atom is 0.131 e. The van der Waals surface area contributed by atoms with Crippen molar-refractivity contribution in [3.8, 4) is 11.3 Å². The van der Waals surface area contributed by atoms with Crippen LogP contribution in [0.4, 0.5) is 14.6 Å². The van der Waals surface area contributed by atoms with E-state index in [1.165, 1.54) is 12.1 Å². The molecule has 0 spiro atoms. The summed E-state index contributed by atoms with van der Waals surface area (Å²) in [6, 6.07) is 3.27. The van der Waals surface area contributed by atoms with Gasteiger partial charge in [-0.2, -0.15) is 0 Å². The fourth-order valence-electron chi connectivity index (χ4n) is 1.88. The first kappa shape index (κ1) is 11.6. The summed E-state index contributed by atoms with van der Waals surface area (Å²) in [5.74, 6) is -0.120. The first-order chi connectivity index (χ1) is 8.02. The molecule has 0 unspecified atom stereocenters. The van der Waals surface area contributed by atoms with Crippen molar-refractivity contribution in [1.82, 2.24) is 9.55 Å². The Labute approximate surface area is 97.9 Å². The van der Waals surface area contributed by atoms with Crippen LogP contribution in [0.1, 0.15) is 12.7 Å². The second-order valence-electron chi connectivity index (χ2n) is 3.80. The Balaban J connectivity index is 2.60. The molecule has 2 rings (SSSR count). The summed E-state index contributed by atoms with van der Waals surface area (Å²) >= 11 is 0. The minimum absolute atomic E-state index is 0.357. The molecular formula is C12H13F2N3. The van der Waals surface area contributed by atoms with Crippen molar-refractivity contribution in [2.75, 3.05) is 5.73 Å². The molecule has 0 saturated heterocycles. The van der Waals surface area contributed by atoms with E-state index in [2.05, 4.69) is 4.98 Å². The molecule has 2 N–H and O–H groups in total. The van der Waals surface area contributed by atoms with Crippen LogP contribution >= 0.6 is 0 Å². The van der Waals surface area contributed by atoms with Gasteiger partial charge in [0.25, 0.3) is 0 Å². The van der Waals surface area contributed by atoms with E-state index in [0.29, 0.717) is 23.6 Å². The molecule has 3 nitrogen and oxygen atoms in total. The van der Waals surface area contributed by atoms with Crippen molar-refractivity contribution in [3.05, 3.63) is 35.7 Å². The van der Waals surface area contributed by atoms with E-state index in [-0.39, 0.29) is 0 Å². The molecule has 1 aromatic carbocycles. The molecule has 0 atom stereocenters. The highest BCUT2D eigenvalue weighted by Crippen LogP contribution is 2.27. The van der Waals surface area contributed by atoms with E-state index in [9.17, 15) is 8.78 Å². The molecule has 0 bridgehead atoms. The van der Waals surface area contributed by atoms with E-state index >= 15 is 0 Å². The van der Waals surface area contributed by atoms with E-state index in [1.807, 2.05) is 6.92 Å². The van der Waals surface area contributed by atoms with Crippen molar-refractivity contribution in [2.24, 2.45) is 0 Å². The Morgan fingerprint density at radius 1 is 1.24 bits per heavy atom. The number of halogens is 2. The third-order valence-electron chi connectivity index (χ3n) is 2.65. The number of nitrogens with two attached hydrogens (primary N) is 1. The number of hydrogen-bond acceptors (Lipinski definition) is 2. The van der Waals surface area contributed by atoms with Crippen LogP contribution in [-0.4, -0.2) is 9.55 Å². The number of hydrogen-bond donors (Lipinski definition) is 1. The molecular weight excluding hydrogens is 224 g/mol. The first-order valence-corrected chi connectivity index (χ1v) is 5.32. The van der Waals surface area contributed by atoms with Gasteiger partial charge in [0.05, 0.1) is 0 Å². The summed E-state index contributed by atoms with van der Waals surface area (Å²) in [6.45, 7) is 4.41. The zero-order valence-electron chi connectivity index (χ0n) is 9.67. The van der Waals surface area contributed by atoms with E-state index < -0.39 is 11.6 Å². The van der Waals surface area contributed by atoms with Gasteiger partial charge in [-0.1, -0.05) is 0 Å². The molecule has 0 fully saturated rings. The molecule has 90 valence electrons. The molecule has 1 heterocycles. The van der Waals surface area contributed by atoms with Crippen molar-refractivity contribution in [1.29, 1.82) is 0 Å². The molecule has 5 heteroatoms. The smallest absolute Gasteiger partial charge is 0.131 e. The third-order valence-corrected chi connectivity index (χ3v) is 2.65. The minimum Gasteiger partial charge on any atom is -0.383 e. The molecule has 0 aliphatic heterocycles. The third kappa shape index (κ3) is 2.00. The predicted octanol–water partition coefficient (Wildman–Crippen LogP) is 2.74. The topological polar surface area (TPSA) is 43.8 Å². The monoisotopic (exact) mass is 237 g/mol. The molecule has 0 amide bonds. The van der Waals surface area contributed by atoms with Crippen LogP contribution in [0.25, 0.3) is 11.3 Å². The van der Waals surface area contributed by atoms with E-state index in [0.717, 1.165) is 11.9 Å². The lowest BCUT2D eigenvalue weighted by molar-refractivity contribution is 0.584. The van der Waals surface area contributed by atoms with Crippen LogP contribution in [0.3, 0.4) is 0 Å². The highest BCUT2D eigenvalue weighted by Gasteiger charge is 2.14. The number of rotatable bonds is 2. The van der Waals surface area contributed by atoms with Gasteiger partial charge in [-0.15, -0.1) is 0 Å². The summed E-state index contributed by atoms with van der Waals surface area (Å²) in [7, 11) is 0. The van der Waals surface area contributed by atoms with Gasteiger partial charge < -0.3 is 10.3 Å². The second-order valence-corrected chi connectivity index (χ2v) is 3.80. The lowest BCUT2D eigenvalue weighted by Crippen LogP contribution is -2.02. The molecule has 0 aliphatic rings. The molecule has 0 saturated carbocycles. The zero-order chi connectivity index (χ0) is 12.6. The Morgan fingerprint density at radius 2 is 1.82 bits per heavy atom. The van der Waals surface area contributed by atoms with Crippen LogP contribution in [0.5, 0.6) is 0 Å². The fourth-order valence-corrected chi connectivity index (χ4v) is 1.88. The van der Waals surface area contributed by atoms with Crippen molar-refractivity contribution in [2.45, 2.75) is 20.4 Å². The normalized spacial score (nSPS) is 10.8. The maximum absolute atomic E-state index is 13.1. The number of aromatic nitrogens is 2. The average molecular weight is 237 g/mol. The summed E-state index contributed by atoms with van der Waals surface area (Å²) < 4.78 is 28.0. The number of imidazole rings is 1. The lowest BCUT2D eigenvalue weighted by atomic mass is 10.1. The van der Waals surface area contributed by atoms with Crippen molar-refractivity contribution < 1.29 is 8.78 Å². The highest BCUT2D eigenvalue weighted by molar-refractivity contribution is 5.71. The zero-order valence-corrected chi connectivity index (χ0v) is 9.67. The lowest BCUT2D eigenvalue weighted by Gasteiger charge is -2.03. The van der Waals surface area contributed by atoms with Gasteiger partial charge >= 0.3 is 0 Å². The van der Waals surface area contributed by atoms with Crippen LogP contribution < -0.4 is 5.73 Å². The number of nitrogen functional groups attached to an aromatic ring is 1. The largest absolute Gasteiger partial charge is 0.383 e. The van der Waals surface area contributed by atoms with Gasteiger partial charge in [-0.05, 0) is 26.0 Å². The van der Waals surface area contributed by atoms with Crippen LogP contribution in [0.15, 0.2) is 18.2 Å². The molecule has 0 radical (unpaired) electrons. The van der Waals surface area contributed by atoms with Crippen molar-refractivity contribution >= 4 is 5.82 Å². The SMILES string of the molecule is CCn1c(C)nc(-c2cc(F)cc(F)c2)c1N. The second kappa shape index (κ2) is 4.16. The van der Waals surface area contributed by atoms with Crippen LogP contribution in [-0.2, 0) is 6.54 Å². The summed E-state index contributed by atoms with van der Waals surface area (Å²) in [4.78, 5) is 4.24.